The van der Waals surface area contributed by atoms with Crippen LogP contribution in [0.1, 0.15) is 48.5 Å². The van der Waals surface area contributed by atoms with Crippen LogP contribution in [0.4, 0.5) is 23.1 Å². The molecule has 4 rings (SSSR count). The molecular formula is C29H35ClN6O3. The molecule has 10 heteroatoms. The number of benzene rings is 2. The SMILES string of the molecule is COc1cc(Nc2ncc(Cl)c(Nc3ccccc3C(=O)C(=O)N(C)C)n2)ccc1C1CCN(C(C)C)CC1. The number of nitrogens with one attached hydrogen (secondary N) is 2. The zero-order valence-electron chi connectivity index (χ0n) is 23.0. The van der Waals surface area contributed by atoms with Crippen molar-refractivity contribution in [1.82, 2.24) is 19.8 Å². The molecule has 0 saturated carbocycles. The summed E-state index contributed by atoms with van der Waals surface area (Å²) in [5.41, 5.74) is 2.62. The number of hydrogen-bond acceptors (Lipinski definition) is 8. The molecule has 1 aliphatic heterocycles. The molecule has 9 nitrogen and oxygen atoms in total. The number of aromatic nitrogens is 2. The van der Waals surface area contributed by atoms with Gasteiger partial charge in [0, 0.05) is 31.9 Å². The summed E-state index contributed by atoms with van der Waals surface area (Å²) in [6, 6.07) is 13.4. The number of carbonyl (C=O) groups excluding carboxylic acids is 2. The molecule has 1 saturated heterocycles. The minimum atomic E-state index is -0.631. The van der Waals surface area contributed by atoms with Crippen molar-refractivity contribution in [2.45, 2.75) is 38.6 Å². The third kappa shape index (κ3) is 6.66. The van der Waals surface area contributed by atoms with Crippen molar-refractivity contribution in [3.63, 3.8) is 0 Å². The van der Waals surface area contributed by atoms with Gasteiger partial charge in [-0.05, 0) is 69.5 Å². The van der Waals surface area contributed by atoms with Crippen LogP contribution in [0.5, 0.6) is 5.75 Å². The minimum absolute atomic E-state index is 0.222. The van der Waals surface area contributed by atoms with Crippen LogP contribution in [-0.4, -0.2) is 71.8 Å². The van der Waals surface area contributed by atoms with Gasteiger partial charge in [0.1, 0.15) is 10.8 Å². The van der Waals surface area contributed by atoms with E-state index in [0.717, 1.165) is 37.4 Å². The Balaban J connectivity index is 1.52. The number of nitrogens with zero attached hydrogens (tertiary/aromatic N) is 4. The summed E-state index contributed by atoms with van der Waals surface area (Å²) in [4.78, 5) is 37.6. The topological polar surface area (TPSA) is 99.7 Å². The number of halogens is 1. The van der Waals surface area contributed by atoms with Crippen LogP contribution >= 0.6 is 11.6 Å². The number of piperidine rings is 1. The number of Topliss-reactive ketones (excluding diaryl/α,β-unsaturated/α-hetero) is 1. The fourth-order valence-corrected chi connectivity index (χ4v) is 4.87. The van der Waals surface area contributed by atoms with Crippen LogP contribution in [0, 0.1) is 0 Å². The van der Waals surface area contributed by atoms with Crippen LogP contribution in [0.3, 0.4) is 0 Å². The number of anilines is 4. The molecule has 0 unspecified atom stereocenters. The Morgan fingerprint density at radius 1 is 1.10 bits per heavy atom. The van der Waals surface area contributed by atoms with Gasteiger partial charge in [-0.15, -0.1) is 0 Å². The summed E-state index contributed by atoms with van der Waals surface area (Å²) in [6.07, 6.45) is 3.67. The fraction of sp³-hybridized carbons (Fsp3) is 0.379. The van der Waals surface area contributed by atoms with Crippen molar-refractivity contribution in [1.29, 1.82) is 0 Å². The molecule has 0 radical (unpaired) electrons. The number of methoxy groups -OCH3 is 1. The van der Waals surface area contributed by atoms with Crippen LogP contribution in [-0.2, 0) is 4.79 Å². The predicted octanol–water partition coefficient (Wildman–Crippen LogP) is 5.48. The maximum atomic E-state index is 12.7. The zero-order chi connectivity index (χ0) is 28.1. The van der Waals surface area contributed by atoms with Crippen molar-refractivity contribution in [3.8, 4) is 5.75 Å². The first-order valence-electron chi connectivity index (χ1n) is 13.0. The average Bonchev–Trinajstić information content (AvgIpc) is 2.94. The highest BCUT2D eigenvalue weighted by Gasteiger charge is 2.25. The summed E-state index contributed by atoms with van der Waals surface area (Å²) in [6.45, 7) is 6.65. The largest absolute Gasteiger partial charge is 0.496 e. The van der Waals surface area contributed by atoms with Gasteiger partial charge in [-0.2, -0.15) is 4.98 Å². The lowest BCUT2D eigenvalue weighted by Gasteiger charge is -2.35. The van der Waals surface area contributed by atoms with Crippen LogP contribution < -0.4 is 15.4 Å². The van der Waals surface area contributed by atoms with E-state index in [-0.39, 0.29) is 10.6 Å². The fourth-order valence-electron chi connectivity index (χ4n) is 4.73. The molecule has 2 N–H and O–H groups in total. The van der Waals surface area contributed by atoms with Gasteiger partial charge in [0.2, 0.25) is 5.95 Å². The van der Waals surface area contributed by atoms with Gasteiger partial charge < -0.3 is 25.2 Å². The summed E-state index contributed by atoms with van der Waals surface area (Å²) in [5, 5.41) is 6.57. The third-order valence-corrected chi connectivity index (χ3v) is 7.24. The molecule has 39 heavy (non-hydrogen) atoms. The molecule has 0 aliphatic carbocycles. The number of rotatable bonds is 9. The van der Waals surface area contributed by atoms with Crippen LogP contribution in [0.2, 0.25) is 5.02 Å². The van der Waals surface area contributed by atoms with E-state index in [1.807, 2.05) is 12.1 Å². The minimum Gasteiger partial charge on any atom is -0.496 e. The maximum absolute atomic E-state index is 12.7. The molecule has 2 aromatic carbocycles. The number of likely N-dealkylation sites (tertiary alicyclic amines) is 1. The third-order valence-electron chi connectivity index (χ3n) is 6.96. The quantitative estimate of drug-likeness (QED) is 0.267. The van der Waals surface area contributed by atoms with E-state index >= 15 is 0 Å². The second-order valence-electron chi connectivity index (χ2n) is 10.1. The highest BCUT2D eigenvalue weighted by Crippen LogP contribution is 2.37. The van der Waals surface area contributed by atoms with Crippen molar-refractivity contribution >= 4 is 46.4 Å². The Bertz CT molecular complexity index is 1340. The van der Waals surface area contributed by atoms with Crippen LogP contribution in [0.15, 0.2) is 48.7 Å². The smallest absolute Gasteiger partial charge is 0.294 e. The Morgan fingerprint density at radius 3 is 2.49 bits per heavy atom. The van der Waals surface area contributed by atoms with Crippen molar-refractivity contribution < 1.29 is 14.3 Å². The molecule has 1 aromatic heterocycles. The van der Waals surface area contributed by atoms with E-state index in [9.17, 15) is 9.59 Å². The van der Waals surface area contributed by atoms with Gasteiger partial charge in [-0.3, -0.25) is 9.59 Å². The summed E-state index contributed by atoms with van der Waals surface area (Å²) < 4.78 is 5.75. The Morgan fingerprint density at radius 2 is 1.82 bits per heavy atom. The standard InChI is InChI=1S/C29H35ClN6O3/c1-18(2)36-14-12-19(13-15-36)21-11-10-20(16-25(21)39-5)32-29-31-17-23(30)27(34-29)33-24-9-7-6-8-22(24)26(37)28(38)35(3)4/h6-11,16-19H,12-15H2,1-5H3,(H2,31,32,33,34). The molecule has 3 aromatic rings. The number of likely N-dealkylation sites (N-methyl/N-ethyl adjacent to an activating group) is 1. The molecule has 1 amide bonds. The molecule has 1 fully saturated rings. The number of hydrogen-bond donors (Lipinski definition) is 2. The Hall–Kier alpha value is -3.69. The van der Waals surface area contributed by atoms with E-state index in [2.05, 4.69) is 45.4 Å². The van der Waals surface area contributed by atoms with Crippen LogP contribution in [0.25, 0.3) is 0 Å². The normalized spacial score (nSPS) is 14.2. The number of ether oxygens (including phenoxy) is 1. The lowest BCUT2D eigenvalue weighted by Crippen LogP contribution is -2.37. The van der Waals surface area contributed by atoms with Gasteiger partial charge >= 0.3 is 0 Å². The van der Waals surface area contributed by atoms with E-state index in [1.54, 1.807) is 31.4 Å². The van der Waals surface area contributed by atoms with Gasteiger partial charge in [0.15, 0.2) is 5.82 Å². The molecule has 1 aliphatic rings. The monoisotopic (exact) mass is 550 g/mol. The lowest BCUT2D eigenvalue weighted by atomic mass is 9.88. The number of carbonyl (C=O) groups is 2. The average molecular weight is 551 g/mol. The molecule has 2 heterocycles. The van der Waals surface area contributed by atoms with Gasteiger partial charge in [-0.25, -0.2) is 4.98 Å². The first-order valence-corrected chi connectivity index (χ1v) is 13.4. The Kier molecular flexibility index (Phi) is 9.04. The number of ketones is 1. The summed E-state index contributed by atoms with van der Waals surface area (Å²) >= 11 is 6.38. The van der Waals surface area contributed by atoms with Crippen molar-refractivity contribution in [3.05, 3.63) is 64.8 Å². The predicted molar refractivity (Wildman–Crippen MR) is 155 cm³/mol. The van der Waals surface area contributed by atoms with Gasteiger partial charge in [0.05, 0.1) is 24.6 Å². The summed E-state index contributed by atoms with van der Waals surface area (Å²) in [5.74, 6) is 0.640. The Labute approximate surface area is 234 Å². The first kappa shape index (κ1) is 28.3. The highest BCUT2D eigenvalue weighted by molar-refractivity contribution is 6.43. The molecule has 0 spiro atoms. The molecule has 206 valence electrons. The van der Waals surface area contributed by atoms with E-state index < -0.39 is 11.7 Å². The zero-order valence-corrected chi connectivity index (χ0v) is 23.7. The maximum Gasteiger partial charge on any atom is 0.294 e. The number of para-hydroxylation sites is 1. The molecule has 0 bridgehead atoms. The van der Waals surface area contributed by atoms with E-state index in [4.69, 9.17) is 16.3 Å². The van der Waals surface area contributed by atoms with Crippen molar-refractivity contribution in [2.24, 2.45) is 0 Å². The second-order valence-corrected chi connectivity index (χ2v) is 10.5. The summed E-state index contributed by atoms with van der Waals surface area (Å²) in [7, 11) is 4.76. The van der Waals surface area contributed by atoms with Crippen molar-refractivity contribution in [2.75, 3.05) is 44.9 Å². The first-order chi connectivity index (χ1) is 18.7. The lowest BCUT2D eigenvalue weighted by molar-refractivity contribution is -0.124. The van der Waals surface area contributed by atoms with Gasteiger partial charge in [-0.1, -0.05) is 29.8 Å². The highest BCUT2D eigenvalue weighted by atomic mass is 35.5. The number of amides is 1. The molecular weight excluding hydrogens is 516 g/mol. The van der Waals surface area contributed by atoms with Gasteiger partial charge in [0.25, 0.3) is 11.7 Å². The van der Waals surface area contributed by atoms with E-state index in [0.29, 0.717) is 29.4 Å². The molecule has 0 atom stereocenters. The van der Waals surface area contributed by atoms with E-state index in [1.165, 1.54) is 30.8 Å². The second kappa shape index (κ2) is 12.4.